The van der Waals surface area contributed by atoms with Crippen LogP contribution in [0.2, 0.25) is 5.02 Å². The van der Waals surface area contributed by atoms with Crippen LogP contribution in [-0.4, -0.2) is 41.5 Å². The molecule has 1 unspecified atom stereocenters. The van der Waals surface area contributed by atoms with Crippen molar-refractivity contribution in [2.24, 2.45) is 0 Å². The second kappa shape index (κ2) is 8.62. The van der Waals surface area contributed by atoms with Gasteiger partial charge >= 0.3 is 0 Å². The summed E-state index contributed by atoms with van der Waals surface area (Å²) in [5.74, 6) is -1.56. The van der Waals surface area contributed by atoms with Gasteiger partial charge in [-0.25, -0.2) is 4.39 Å². The summed E-state index contributed by atoms with van der Waals surface area (Å²) < 4.78 is 13.2. The predicted octanol–water partition coefficient (Wildman–Crippen LogP) is 3.38. The molecule has 0 fully saturated rings. The van der Waals surface area contributed by atoms with Gasteiger partial charge in [-0.2, -0.15) is 0 Å². The largest absolute Gasteiger partial charge is 0.336 e. The monoisotopic (exact) mass is 421 g/mol. The highest BCUT2D eigenvalue weighted by Gasteiger charge is 2.30. The fourth-order valence-electron chi connectivity index (χ4n) is 2.64. The molecule has 2 N–H and O–H groups in total. The Kier molecular flexibility index (Phi) is 6.21. The van der Waals surface area contributed by atoms with Gasteiger partial charge < -0.3 is 15.5 Å². The summed E-state index contributed by atoms with van der Waals surface area (Å²) in [6.07, 6.45) is -0.0533. The highest BCUT2D eigenvalue weighted by molar-refractivity contribution is 8.01. The number of likely N-dealkylation sites (N-methyl/N-ethyl adjacent to an activating group) is 1. The molecule has 1 heterocycles. The average Bonchev–Trinajstić information content (AvgIpc) is 2.62. The van der Waals surface area contributed by atoms with E-state index in [4.69, 9.17) is 11.6 Å². The number of amides is 3. The maximum absolute atomic E-state index is 13.2. The minimum atomic E-state index is -0.602. The van der Waals surface area contributed by atoms with Crippen LogP contribution in [0.1, 0.15) is 6.42 Å². The van der Waals surface area contributed by atoms with Crippen LogP contribution in [0.3, 0.4) is 0 Å². The second-order valence-corrected chi connectivity index (χ2v) is 7.93. The smallest absolute Gasteiger partial charge is 0.243 e. The maximum Gasteiger partial charge on any atom is 0.243 e. The Morgan fingerprint density at radius 1 is 1.29 bits per heavy atom. The summed E-state index contributed by atoms with van der Waals surface area (Å²) in [4.78, 5) is 38.8. The molecule has 0 bridgehead atoms. The lowest BCUT2D eigenvalue weighted by atomic mass is 10.2. The van der Waals surface area contributed by atoms with Crippen LogP contribution < -0.4 is 10.6 Å². The number of carbonyl (C=O) groups excluding carboxylic acids is 3. The molecule has 2 aromatic carbocycles. The minimum Gasteiger partial charge on any atom is -0.336 e. The number of nitrogens with one attached hydrogen (secondary N) is 2. The summed E-state index contributed by atoms with van der Waals surface area (Å²) in [5.41, 5.74) is 0.928. The van der Waals surface area contributed by atoms with Crippen molar-refractivity contribution < 1.29 is 18.8 Å². The van der Waals surface area contributed by atoms with Crippen molar-refractivity contribution in [1.82, 2.24) is 4.90 Å². The van der Waals surface area contributed by atoms with Crippen LogP contribution in [0.25, 0.3) is 0 Å². The molecule has 3 rings (SSSR count). The van der Waals surface area contributed by atoms with E-state index in [1.54, 1.807) is 24.3 Å². The molecule has 0 spiro atoms. The van der Waals surface area contributed by atoms with Crippen molar-refractivity contribution in [3.63, 3.8) is 0 Å². The first-order chi connectivity index (χ1) is 13.3. The number of carbonyl (C=O) groups is 3. The van der Waals surface area contributed by atoms with Gasteiger partial charge in [0.2, 0.25) is 17.7 Å². The van der Waals surface area contributed by atoms with E-state index in [1.165, 1.54) is 41.9 Å². The van der Waals surface area contributed by atoms with Gasteiger partial charge in [0.1, 0.15) is 5.82 Å². The molecular formula is C19H17ClFN3O3S. The Morgan fingerprint density at radius 2 is 2.07 bits per heavy atom. The average molecular weight is 422 g/mol. The number of nitrogens with zero attached hydrogens (tertiary/aromatic N) is 1. The van der Waals surface area contributed by atoms with E-state index in [0.717, 1.165) is 4.90 Å². The molecule has 0 aromatic heterocycles. The van der Waals surface area contributed by atoms with Gasteiger partial charge in [0, 0.05) is 29.1 Å². The molecule has 1 atom stereocenters. The third kappa shape index (κ3) is 5.02. The van der Waals surface area contributed by atoms with Gasteiger partial charge in [-0.15, -0.1) is 11.8 Å². The van der Waals surface area contributed by atoms with E-state index >= 15 is 0 Å². The van der Waals surface area contributed by atoms with E-state index < -0.39 is 17.0 Å². The fraction of sp³-hybridized carbons (Fsp3) is 0.211. The van der Waals surface area contributed by atoms with E-state index in [-0.39, 0.29) is 24.8 Å². The van der Waals surface area contributed by atoms with Crippen molar-refractivity contribution in [1.29, 1.82) is 0 Å². The van der Waals surface area contributed by atoms with Crippen molar-refractivity contribution >= 4 is 52.5 Å². The number of fused-ring (bicyclic) bond motifs is 1. The molecule has 2 aromatic rings. The van der Waals surface area contributed by atoms with Gasteiger partial charge in [-0.1, -0.05) is 17.7 Å². The highest BCUT2D eigenvalue weighted by Crippen LogP contribution is 2.38. The standard InChI is InChI=1S/C19H17ClFN3O3S/c1-24(10-17(25)22-13-4-2-3-12(21)8-13)18(26)9-16-19(27)23-14-7-11(20)5-6-15(14)28-16/h2-8,16H,9-10H2,1H3,(H,22,25)(H,23,27). The van der Waals surface area contributed by atoms with Crippen molar-refractivity contribution in [2.45, 2.75) is 16.6 Å². The summed E-state index contributed by atoms with van der Waals surface area (Å²) >= 11 is 7.20. The first-order valence-corrected chi connectivity index (χ1v) is 9.64. The third-order valence-corrected chi connectivity index (χ3v) is 5.55. The number of halogens is 2. The minimum absolute atomic E-state index is 0.0533. The van der Waals surface area contributed by atoms with Crippen molar-refractivity contribution in [3.8, 4) is 0 Å². The zero-order valence-corrected chi connectivity index (χ0v) is 16.4. The number of rotatable bonds is 5. The fourth-order valence-corrected chi connectivity index (χ4v) is 3.90. The molecule has 0 saturated heterocycles. The zero-order valence-electron chi connectivity index (χ0n) is 14.9. The molecule has 0 saturated carbocycles. The Morgan fingerprint density at radius 3 is 2.82 bits per heavy atom. The molecule has 0 radical (unpaired) electrons. The lowest BCUT2D eigenvalue weighted by Crippen LogP contribution is -2.39. The predicted molar refractivity (Wildman–Crippen MR) is 107 cm³/mol. The normalized spacial score (nSPS) is 15.4. The first-order valence-electron chi connectivity index (χ1n) is 8.38. The summed E-state index contributed by atoms with van der Waals surface area (Å²) in [6.45, 7) is -0.208. The van der Waals surface area contributed by atoms with Crippen LogP contribution >= 0.6 is 23.4 Å². The molecule has 1 aliphatic rings. The Hall–Kier alpha value is -2.58. The number of hydrogen-bond acceptors (Lipinski definition) is 4. The number of benzene rings is 2. The quantitative estimate of drug-likeness (QED) is 0.775. The van der Waals surface area contributed by atoms with Crippen LogP contribution in [-0.2, 0) is 14.4 Å². The van der Waals surface area contributed by atoms with Gasteiger partial charge in [-0.3, -0.25) is 14.4 Å². The molecule has 146 valence electrons. The van der Waals surface area contributed by atoms with Crippen molar-refractivity contribution in [2.75, 3.05) is 24.2 Å². The second-order valence-electron chi connectivity index (χ2n) is 6.25. The van der Waals surface area contributed by atoms with E-state index in [9.17, 15) is 18.8 Å². The van der Waals surface area contributed by atoms with E-state index in [1.807, 2.05) is 0 Å². The molecular weight excluding hydrogens is 405 g/mol. The number of anilines is 2. The van der Waals surface area contributed by atoms with Gasteiger partial charge in [0.25, 0.3) is 0 Å². The lowest BCUT2D eigenvalue weighted by molar-refractivity contribution is -0.134. The summed E-state index contributed by atoms with van der Waals surface area (Å²) in [6, 6.07) is 10.6. The maximum atomic E-state index is 13.2. The molecule has 28 heavy (non-hydrogen) atoms. The van der Waals surface area contributed by atoms with Crippen LogP contribution in [0.4, 0.5) is 15.8 Å². The van der Waals surface area contributed by atoms with Crippen molar-refractivity contribution in [3.05, 3.63) is 53.3 Å². The van der Waals surface area contributed by atoms with Crippen LogP contribution in [0.5, 0.6) is 0 Å². The molecule has 6 nitrogen and oxygen atoms in total. The molecule has 0 aliphatic carbocycles. The van der Waals surface area contributed by atoms with Gasteiger partial charge in [-0.05, 0) is 36.4 Å². The lowest BCUT2D eigenvalue weighted by Gasteiger charge is -2.25. The molecule has 1 aliphatic heterocycles. The summed E-state index contributed by atoms with van der Waals surface area (Å²) in [7, 11) is 1.48. The number of hydrogen-bond donors (Lipinski definition) is 2. The Bertz CT molecular complexity index is 940. The van der Waals surface area contributed by atoms with Crippen LogP contribution in [0.15, 0.2) is 47.4 Å². The van der Waals surface area contributed by atoms with Gasteiger partial charge in [0.05, 0.1) is 17.5 Å². The number of thioether (sulfide) groups is 1. The third-order valence-electron chi connectivity index (χ3n) is 4.04. The highest BCUT2D eigenvalue weighted by atomic mass is 35.5. The first kappa shape index (κ1) is 20.2. The Balaban J connectivity index is 1.56. The summed E-state index contributed by atoms with van der Waals surface area (Å²) in [5, 5.41) is 5.18. The van der Waals surface area contributed by atoms with Gasteiger partial charge in [0.15, 0.2) is 0 Å². The zero-order chi connectivity index (χ0) is 20.3. The topological polar surface area (TPSA) is 78.5 Å². The molecule has 9 heteroatoms. The van der Waals surface area contributed by atoms with E-state index in [0.29, 0.717) is 16.4 Å². The van der Waals surface area contributed by atoms with Crippen LogP contribution in [0, 0.1) is 5.82 Å². The SMILES string of the molecule is CN(CC(=O)Nc1cccc(F)c1)C(=O)CC1Sc2ccc(Cl)cc2NC1=O. The Labute approximate surface area is 170 Å². The molecule has 3 amide bonds. The van der Waals surface area contributed by atoms with E-state index in [2.05, 4.69) is 10.6 Å².